The van der Waals surface area contributed by atoms with Crippen LogP contribution in [0.15, 0.2) is 0 Å². The van der Waals surface area contributed by atoms with Gasteiger partial charge in [-0.25, -0.2) is 8.42 Å². The van der Waals surface area contributed by atoms with Gasteiger partial charge in [0.15, 0.2) is 5.75 Å². The van der Waals surface area contributed by atoms with Crippen molar-refractivity contribution in [1.82, 2.24) is 4.31 Å². The molecule has 0 heterocycles. The molecule has 5 nitrogen and oxygen atoms in total. The maximum atomic E-state index is 12.1. The average Bonchev–Trinajstić information content (AvgIpc) is 2.67. The highest BCUT2D eigenvalue weighted by molar-refractivity contribution is 7.89. The van der Waals surface area contributed by atoms with Gasteiger partial charge in [0.2, 0.25) is 10.0 Å². The lowest BCUT2D eigenvalue weighted by Crippen LogP contribution is -2.42. The number of carboxylic acid groups (broad SMARTS) is 1. The van der Waals surface area contributed by atoms with Crippen molar-refractivity contribution >= 4 is 16.0 Å². The van der Waals surface area contributed by atoms with Crippen molar-refractivity contribution in [3.05, 3.63) is 0 Å². The van der Waals surface area contributed by atoms with E-state index >= 15 is 0 Å². The summed E-state index contributed by atoms with van der Waals surface area (Å²) in [5.74, 6) is -1.65. The second kappa shape index (κ2) is 6.52. The van der Waals surface area contributed by atoms with Crippen LogP contribution in [0.5, 0.6) is 0 Å². The van der Waals surface area contributed by atoms with E-state index < -0.39 is 21.7 Å². The third-order valence-corrected chi connectivity index (χ3v) is 5.13. The van der Waals surface area contributed by atoms with Crippen molar-refractivity contribution in [3.63, 3.8) is 0 Å². The SMILES string of the molecule is CC(C)CCN(C1CCCC1)S(=O)(=O)CC(=O)O. The molecule has 0 spiro atoms. The van der Waals surface area contributed by atoms with Crippen molar-refractivity contribution in [1.29, 1.82) is 0 Å². The van der Waals surface area contributed by atoms with E-state index in [2.05, 4.69) is 0 Å². The monoisotopic (exact) mass is 277 g/mol. The van der Waals surface area contributed by atoms with E-state index in [0.29, 0.717) is 12.5 Å². The van der Waals surface area contributed by atoms with Gasteiger partial charge in [-0.1, -0.05) is 26.7 Å². The van der Waals surface area contributed by atoms with Crippen LogP contribution in [-0.4, -0.2) is 42.1 Å². The summed E-state index contributed by atoms with van der Waals surface area (Å²) in [6, 6.07) is 0.00750. The van der Waals surface area contributed by atoms with Crippen LogP contribution in [-0.2, 0) is 14.8 Å². The quantitative estimate of drug-likeness (QED) is 0.768. The summed E-state index contributed by atoms with van der Waals surface area (Å²) in [5, 5.41) is 8.71. The molecule has 1 rings (SSSR count). The molecule has 0 bridgehead atoms. The van der Waals surface area contributed by atoms with E-state index in [-0.39, 0.29) is 6.04 Å². The van der Waals surface area contributed by atoms with Gasteiger partial charge < -0.3 is 5.11 Å². The Morgan fingerprint density at radius 3 is 2.33 bits per heavy atom. The minimum atomic E-state index is -3.67. The van der Waals surface area contributed by atoms with Crippen LogP contribution >= 0.6 is 0 Å². The Bertz CT molecular complexity index is 372. The van der Waals surface area contributed by atoms with Crippen LogP contribution in [0.3, 0.4) is 0 Å². The van der Waals surface area contributed by atoms with Gasteiger partial charge in [0.1, 0.15) is 0 Å². The average molecular weight is 277 g/mol. The van der Waals surface area contributed by atoms with Gasteiger partial charge >= 0.3 is 5.97 Å². The first-order valence-corrected chi connectivity index (χ1v) is 8.15. The Balaban J connectivity index is 2.78. The maximum Gasteiger partial charge on any atom is 0.320 e. The number of aliphatic carboxylic acids is 1. The summed E-state index contributed by atoms with van der Waals surface area (Å²) in [5.41, 5.74) is 0. The molecule has 0 saturated heterocycles. The van der Waals surface area contributed by atoms with Gasteiger partial charge in [-0.15, -0.1) is 0 Å². The molecule has 1 fully saturated rings. The second-order valence-electron chi connectivity index (χ2n) is 5.38. The minimum absolute atomic E-state index is 0.00750. The normalized spacial score (nSPS) is 17.8. The van der Waals surface area contributed by atoms with Crippen molar-refractivity contribution < 1.29 is 18.3 Å². The Hall–Kier alpha value is -0.620. The Kier molecular flexibility index (Phi) is 5.59. The topological polar surface area (TPSA) is 74.7 Å². The van der Waals surface area contributed by atoms with E-state index in [1.54, 1.807) is 0 Å². The molecule has 0 aromatic rings. The fraction of sp³-hybridized carbons (Fsp3) is 0.917. The standard InChI is InChI=1S/C12H23NO4S/c1-10(2)7-8-13(11-5-3-4-6-11)18(16,17)9-12(14)15/h10-11H,3-9H2,1-2H3,(H,14,15). The van der Waals surface area contributed by atoms with Crippen molar-refractivity contribution in [2.75, 3.05) is 12.3 Å². The number of carboxylic acids is 1. The van der Waals surface area contributed by atoms with Gasteiger partial charge in [0.25, 0.3) is 0 Å². The molecule has 18 heavy (non-hydrogen) atoms. The molecular formula is C12H23NO4S. The largest absolute Gasteiger partial charge is 0.480 e. The zero-order valence-corrected chi connectivity index (χ0v) is 11.9. The van der Waals surface area contributed by atoms with Gasteiger partial charge in [-0.3, -0.25) is 4.79 Å². The Morgan fingerprint density at radius 1 is 1.33 bits per heavy atom. The van der Waals surface area contributed by atoms with Crippen LogP contribution < -0.4 is 0 Å². The molecule has 0 aromatic heterocycles. The lowest BCUT2D eigenvalue weighted by atomic mass is 10.1. The number of sulfonamides is 1. The highest BCUT2D eigenvalue weighted by Gasteiger charge is 2.33. The van der Waals surface area contributed by atoms with Crippen LogP contribution in [0.2, 0.25) is 0 Å². The fourth-order valence-corrected chi connectivity index (χ4v) is 3.89. The first-order valence-electron chi connectivity index (χ1n) is 6.54. The summed E-state index contributed by atoms with van der Waals surface area (Å²) < 4.78 is 25.6. The number of rotatable bonds is 7. The van der Waals surface area contributed by atoms with E-state index in [0.717, 1.165) is 32.1 Å². The van der Waals surface area contributed by atoms with E-state index in [1.807, 2.05) is 13.8 Å². The van der Waals surface area contributed by atoms with Crippen LogP contribution in [0.1, 0.15) is 46.0 Å². The molecule has 0 atom stereocenters. The smallest absolute Gasteiger partial charge is 0.320 e. The molecule has 0 aromatic carbocycles. The predicted molar refractivity (Wildman–Crippen MR) is 69.8 cm³/mol. The lowest BCUT2D eigenvalue weighted by molar-refractivity contribution is -0.134. The van der Waals surface area contributed by atoms with Crippen LogP contribution in [0, 0.1) is 5.92 Å². The fourth-order valence-electron chi connectivity index (χ4n) is 2.37. The molecule has 0 aliphatic heterocycles. The Morgan fingerprint density at radius 2 is 1.89 bits per heavy atom. The van der Waals surface area contributed by atoms with Crippen molar-refractivity contribution in [3.8, 4) is 0 Å². The number of hydrogen-bond acceptors (Lipinski definition) is 3. The van der Waals surface area contributed by atoms with Gasteiger partial charge in [-0.2, -0.15) is 4.31 Å². The molecule has 1 N–H and O–H groups in total. The molecule has 106 valence electrons. The zero-order chi connectivity index (χ0) is 13.8. The molecule has 0 amide bonds. The number of hydrogen-bond donors (Lipinski definition) is 1. The minimum Gasteiger partial charge on any atom is -0.480 e. The molecule has 0 radical (unpaired) electrons. The first-order chi connectivity index (χ1) is 8.33. The molecule has 1 saturated carbocycles. The van der Waals surface area contributed by atoms with Gasteiger partial charge in [0.05, 0.1) is 0 Å². The highest BCUT2D eigenvalue weighted by Crippen LogP contribution is 2.26. The Labute approximate surface area is 109 Å². The third-order valence-electron chi connectivity index (χ3n) is 3.32. The zero-order valence-electron chi connectivity index (χ0n) is 11.1. The van der Waals surface area contributed by atoms with Crippen LogP contribution in [0.25, 0.3) is 0 Å². The summed E-state index contributed by atoms with van der Waals surface area (Å²) in [6.45, 7) is 4.52. The van der Waals surface area contributed by atoms with E-state index in [9.17, 15) is 13.2 Å². The van der Waals surface area contributed by atoms with Crippen LogP contribution in [0.4, 0.5) is 0 Å². The van der Waals surface area contributed by atoms with E-state index in [1.165, 1.54) is 4.31 Å². The summed E-state index contributed by atoms with van der Waals surface area (Å²) in [4.78, 5) is 10.7. The molecule has 1 aliphatic carbocycles. The van der Waals surface area contributed by atoms with Gasteiger partial charge in [-0.05, 0) is 25.2 Å². The van der Waals surface area contributed by atoms with Gasteiger partial charge in [0, 0.05) is 12.6 Å². The molecule has 1 aliphatic rings. The molecular weight excluding hydrogens is 254 g/mol. The predicted octanol–water partition coefficient (Wildman–Crippen LogP) is 1.69. The lowest BCUT2D eigenvalue weighted by Gasteiger charge is -2.28. The summed E-state index contributed by atoms with van der Waals surface area (Å²) >= 11 is 0. The molecule has 0 unspecified atom stereocenters. The first kappa shape index (κ1) is 15.4. The highest BCUT2D eigenvalue weighted by atomic mass is 32.2. The van der Waals surface area contributed by atoms with Crippen molar-refractivity contribution in [2.45, 2.75) is 52.0 Å². The second-order valence-corrected chi connectivity index (χ2v) is 7.30. The van der Waals surface area contributed by atoms with Crippen molar-refractivity contribution in [2.24, 2.45) is 5.92 Å². The summed E-state index contributed by atoms with van der Waals surface area (Å²) in [6.07, 6.45) is 4.56. The summed E-state index contributed by atoms with van der Waals surface area (Å²) in [7, 11) is -3.67. The third kappa shape index (κ3) is 4.57. The maximum absolute atomic E-state index is 12.1. The number of carbonyl (C=O) groups is 1. The number of nitrogens with zero attached hydrogens (tertiary/aromatic N) is 1. The van der Waals surface area contributed by atoms with E-state index in [4.69, 9.17) is 5.11 Å². The molecule has 6 heteroatoms.